The summed E-state index contributed by atoms with van der Waals surface area (Å²) in [5.41, 5.74) is 0.441. The molecule has 0 aliphatic heterocycles. The molecule has 0 aromatic heterocycles. The van der Waals surface area contributed by atoms with Crippen molar-refractivity contribution in [1.29, 1.82) is 0 Å². The van der Waals surface area contributed by atoms with Crippen LogP contribution in [0.5, 0.6) is 0 Å². The Hall–Kier alpha value is -0.740. The van der Waals surface area contributed by atoms with Crippen molar-refractivity contribution in [2.45, 2.75) is 52.5 Å². The van der Waals surface area contributed by atoms with Gasteiger partial charge in [0.2, 0.25) is 0 Å². The molecule has 4 heteroatoms. The van der Waals surface area contributed by atoms with Crippen molar-refractivity contribution >= 4 is 21.7 Å². The van der Waals surface area contributed by atoms with Crippen LogP contribution in [0, 0.1) is 5.82 Å². The summed E-state index contributed by atoms with van der Waals surface area (Å²) in [6.45, 7) is 10.0. The van der Waals surface area contributed by atoms with E-state index in [4.69, 9.17) is 0 Å². The number of benzene rings is 1. The van der Waals surface area contributed by atoms with Gasteiger partial charge in [0.1, 0.15) is 5.82 Å². The molecule has 0 unspecified atom stereocenters. The summed E-state index contributed by atoms with van der Waals surface area (Å²) < 4.78 is 13.7. The van der Waals surface area contributed by atoms with Crippen LogP contribution in [0.1, 0.15) is 46.1 Å². The number of hydrogen-bond donors (Lipinski definition) is 0. The second-order valence-electron chi connectivity index (χ2n) is 5.26. The maximum atomic E-state index is 13.3. The highest BCUT2D eigenvalue weighted by atomic mass is 79.9. The first kappa shape index (κ1) is 18.3. The van der Waals surface area contributed by atoms with Gasteiger partial charge in [0, 0.05) is 6.42 Å². The van der Waals surface area contributed by atoms with E-state index in [1.165, 1.54) is 6.07 Å². The molecular formula is C17H25BrFNO. The number of hydrogen-bond acceptors (Lipinski definition) is 2. The molecule has 0 heterocycles. The van der Waals surface area contributed by atoms with Crippen LogP contribution >= 0.6 is 15.9 Å². The van der Waals surface area contributed by atoms with E-state index in [9.17, 15) is 9.18 Å². The van der Waals surface area contributed by atoms with Gasteiger partial charge in [-0.25, -0.2) is 4.39 Å². The average molecular weight is 358 g/mol. The smallest absolute Gasteiger partial charge is 0.157 e. The minimum Gasteiger partial charge on any atom is -0.297 e. The zero-order chi connectivity index (χ0) is 16.0. The van der Waals surface area contributed by atoms with Gasteiger partial charge >= 0.3 is 0 Å². The third-order valence-electron chi connectivity index (χ3n) is 4.41. The molecule has 118 valence electrons. The number of nitrogens with zero attached hydrogens (tertiary/aromatic N) is 1. The van der Waals surface area contributed by atoms with Gasteiger partial charge in [-0.2, -0.15) is 0 Å². The molecule has 0 radical (unpaired) electrons. The first-order valence-electron chi connectivity index (χ1n) is 7.67. The van der Waals surface area contributed by atoms with Gasteiger partial charge in [-0.1, -0.05) is 33.8 Å². The Kier molecular flexibility index (Phi) is 7.01. The largest absolute Gasteiger partial charge is 0.297 e. The van der Waals surface area contributed by atoms with Gasteiger partial charge in [0.05, 0.1) is 10.0 Å². The SMILES string of the molecule is CCN(CC)C(CC)(CC)C(=O)Cc1ccc(F)c(Br)c1. The topological polar surface area (TPSA) is 20.3 Å². The summed E-state index contributed by atoms with van der Waals surface area (Å²) >= 11 is 3.18. The van der Waals surface area contributed by atoms with E-state index in [1.807, 2.05) is 0 Å². The highest BCUT2D eigenvalue weighted by Crippen LogP contribution is 2.27. The van der Waals surface area contributed by atoms with Gasteiger partial charge in [0.25, 0.3) is 0 Å². The fourth-order valence-corrected chi connectivity index (χ4v) is 3.52. The lowest BCUT2D eigenvalue weighted by Gasteiger charge is -2.41. The van der Waals surface area contributed by atoms with E-state index in [2.05, 4.69) is 48.5 Å². The molecule has 0 amide bonds. The standard InChI is InChI=1S/C17H25BrFNO/c1-5-17(6-2,20(7-3)8-4)16(21)12-13-9-10-15(19)14(18)11-13/h9-11H,5-8,12H2,1-4H3. The van der Waals surface area contributed by atoms with Crippen molar-refractivity contribution in [1.82, 2.24) is 4.90 Å². The minimum atomic E-state index is -0.412. The molecule has 0 bridgehead atoms. The Labute approximate surface area is 135 Å². The quantitative estimate of drug-likeness (QED) is 0.677. The lowest BCUT2D eigenvalue weighted by molar-refractivity contribution is -0.131. The summed E-state index contributed by atoms with van der Waals surface area (Å²) in [6.07, 6.45) is 1.94. The van der Waals surface area contributed by atoms with Crippen molar-refractivity contribution < 1.29 is 9.18 Å². The van der Waals surface area contributed by atoms with Gasteiger partial charge in [-0.3, -0.25) is 9.69 Å². The maximum absolute atomic E-state index is 13.3. The molecule has 1 aromatic rings. The normalized spacial score (nSPS) is 12.0. The van der Waals surface area contributed by atoms with Crippen LogP contribution in [0.25, 0.3) is 0 Å². The molecule has 0 atom stereocenters. The number of halogens is 2. The third kappa shape index (κ3) is 3.92. The van der Waals surface area contributed by atoms with Crippen LogP contribution in [-0.2, 0) is 11.2 Å². The second kappa shape index (κ2) is 8.04. The number of carbonyl (C=O) groups excluding carboxylic acids is 1. The molecule has 0 saturated carbocycles. The minimum absolute atomic E-state index is 0.217. The fraction of sp³-hybridized carbons (Fsp3) is 0.588. The van der Waals surface area contributed by atoms with Gasteiger partial charge in [-0.05, 0) is 59.6 Å². The molecular weight excluding hydrogens is 333 g/mol. The molecule has 1 rings (SSSR count). The zero-order valence-electron chi connectivity index (χ0n) is 13.4. The van der Waals surface area contributed by atoms with E-state index in [0.717, 1.165) is 31.5 Å². The number of likely N-dealkylation sites (N-methyl/N-ethyl adjacent to an activating group) is 1. The van der Waals surface area contributed by atoms with Crippen molar-refractivity contribution in [3.05, 3.63) is 34.1 Å². The Morgan fingerprint density at radius 2 is 1.76 bits per heavy atom. The number of Topliss-reactive ketones (excluding diaryl/α,β-unsaturated/α-hetero) is 1. The van der Waals surface area contributed by atoms with Crippen LogP contribution in [0.3, 0.4) is 0 Å². The van der Waals surface area contributed by atoms with Gasteiger partial charge < -0.3 is 0 Å². The fourth-order valence-electron chi connectivity index (χ4n) is 3.10. The molecule has 0 spiro atoms. The van der Waals surface area contributed by atoms with E-state index in [0.29, 0.717) is 10.9 Å². The molecule has 0 aliphatic rings. The summed E-state index contributed by atoms with van der Waals surface area (Å²) in [7, 11) is 0. The molecule has 1 aromatic carbocycles. The number of ketones is 1. The Bertz CT molecular complexity index is 482. The Morgan fingerprint density at radius 3 is 2.19 bits per heavy atom. The highest BCUT2D eigenvalue weighted by molar-refractivity contribution is 9.10. The number of carbonyl (C=O) groups is 1. The Balaban J connectivity index is 3.03. The van der Waals surface area contributed by atoms with E-state index in [-0.39, 0.29) is 11.6 Å². The highest BCUT2D eigenvalue weighted by Gasteiger charge is 2.38. The zero-order valence-corrected chi connectivity index (χ0v) is 15.0. The predicted molar refractivity (Wildman–Crippen MR) is 89.0 cm³/mol. The third-order valence-corrected chi connectivity index (χ3v) is 5.01. The summed E-state index contributed by atoms with van der Waals surface area (Å²) in [5, 5.41) is 0. The van der Waals surface area contributed by atoms with E-state index < -0.39 is 5.54 Å². The van der Waals surface area contributed by atoms with Crippen molar-refractivity contribution in [3.63, 3.8) is 0 Å². The first-order chi connectivity index (χ1) is 9.94. The summed E-state index contributed by atoms with van der Waals surface area (Å²) in [6, 6.07) is 4.80. The molecule has 2 nitrogen and oxygen atoms in total. The first-order valence-corrected chi connectivity index (χ1v) is 8.46. The number of rotatable bonds is 8. The van der Waals surface area contributed by atoms with Crippen LogP contribution < -0.4 is 0 Å². The van der Waals surface area contributed by atoms with Crippen LogP contribution in [0.15, 0.2) is 22.7 Å². The van der Waals surface area contributed by atoms with E-state index in [1.54, 1.807) is 12.1 Å². The van der Waals surface area contributed by atoms with Crippen molar-refractivity contribution in [2.24, 2.45) is 0 Å². The second-order valence-corrected chi connectivity index (χ2v) is 6.11. The monoisotopic (exact) mass is 357 g/mol. The lowest BCUT2D eigenvalue weighted by Crippen LogP contribution is -2.54. The van der Waals surface area contributed by atoms with E-state index >= 15 is 0 Å². The van der Waals surface area contributed by atoms with Crippen LogP contribution in [0.2, 0.25) is 0 Å². The Morgan fingerprint density at radius 1 is 1.19 bits per heavy atom. The van der Waals surface area contributed by atoms with Gasteiger partial charge in [-0.15, -0.1) is 0 Å². The average Bonchev–Trinajstić information content (AvgIpc) is 2.48. The molecule has 0 aliphatic carbocycles. The molecule has 0 saturated heterocycles. The molecule has 0 fully saturated rings. The molecule has 0 N–H and O–H groups in total. The predicted octanol–water partition coefficient (Wildman–Crippen LogP) is 4.60. The summed E-state index contributed by atoms with van der Waals surface area (Å²) in [4.78, 5) is 15.1. The van der Waals surface area contributed by atoms with Crippen LogP contribution in [-0.4, -0.2) is 29.3 Å². The van der Waals surface area contributed by atoms with Crippen molar-refractivity contribution in [3.8, 4) is 0 Å². The van der Waals surface area contributed by atoms with Crippen molar-refractivity contribution in [2.75, 3.05) is 13.1 Å². The van der Waals surface area contributed by atoms with Crippen LogP contribution in [0.4, 0.5) is 4.39 Å². The lowest BCUT2D eigenvalue weighted by atomic mass is 9.83. The molecule has 21 heavy (non-hydrogen) atoms. The maximum Gasteiger partial charge on any atom is 0.157 e. The summed E-state index contributed by atoms with van der Waals surface area (Å²) in [5.74, 6) is -0.0816. The van der Waals surface area contributed by atoms with Gasteiger partial charge in [0.15, 0.2) is 5.78 Å².